The van der Waals surface area contributed by atoms with Crippen molar-refractivity contribution >= 4 is 17.5 Å². The molecule has 6 heteroatoms. The summed E-state index contributed by atoms with van der Waals surface area (Å²) in [5, 5.41) is 12.3. The maximum Gasteiger partial charge on any atom is 0.258 e. The maximum atomic E-state index is 11.9. The van der Waals surface area contributed by atoms with E-state index in [1.807, 2.05) is 25.1 Å². The van der Waals surface area contributed by atoms with E-state index >= 15 is 0 Å². The first kappa shape index (κ1) is 17.6. The summed E-state index contributed by atoms with van der Waals surface area (Å²) >= 11 is 5.90. The van der Waals surface area contributed by atoms with Gasteiger partial charge in [-0.2, -0.15) is 5.26 Å². The molecule has 2 aromatic rings. The first-order valence-corrected chi connectivity index (χ1v) is 7.81. The Bertz CT molecular complexity index is 756. The summed E-state index contributed by atoms with van der Waals surface area (Å²) in [6.07, 6.45) is 0. The highest BCUT2D eigenvalue weighted by Crippen LogP contribution is 2.28. The standard InChI is InChI=1S/C18H17ClN2O3/c1-2-23-17-9-13(10-20)6-7-16(17)24-12-18(22)21-11-14-4-3-5-15(19)8-14/h3-9H,2,11-12H2,1H3,(H,21,22). The Morgan fingerprint density at radius 3 is 2.75 bits per heavy atom. The summed E-state index contributed by atoms with van der Waals surface area (Å²) in [7, 11) is 0. The number of amides is 1. The van der Waals surface area contributed by atoms with E-state index in [0.717, 1.165) is 5.56 Å². The molecule has 2 rings (SSSR count). The highest BCUT2D eigenvalue weighted by atomic mass is 35.5. The number of ether oxygens (including phenoxy) is 2. The molecule has 0 aromatic heterocycles. The molecule has 1 amide bonds. The molecule has 0 radical (unpaired) electrons. The summed E-state index contributed by atoms with van der Waals surface area (Å²) in [6.45, 7) is 2.49. The van der Waals surface area contributed by atoms with Gasteiger partial charge in [0, 0.05) is 17.6 Å². The van der Waals surface area contributed by atoms with E-state index in [4.69, 9.17) is 26.3 Å². The fourth-order valence-electron chi connectivity index (χ4n) is 2.01. The van der Waals surface area contributed by atoms with Gasteiger partial charge in [0.15, 0.2) is 18.1 Å². The predicted octanol–water partition coefficient (Wildman–Crippen LogP) is 3.31. The Balaban J connectivity index is 1.90. The van der Waals surface area contributed by atoms with Gasteiger partial charge in [0.1, 0.15) is 0 Å². The zero-order valence-corrected chi connectivity index (χ0v) is 14.0. The van der Waals surface area contributed by atoms with Crippen molar-refractivity contribution in [2.45, 2.75) is 13.5 Å². The van der Waals surface area contributed by atoms with Crippen LogP contribution in [-0.2, 0) is 11.3 Å². The monoisotopic (exact) mass is 344 g/mol. The van der Waals surface area contributed by atoms with Crippen molar-refractivity contribution in [1.82, 2.24) is 5.32 Å². The number of hydrogen-bond donors (Lipinski definition) is 1. The summed E-state index contributed by atoms with van der Waals surface area (Å²) < 4.78 is 10.9. The van der Waals surface area contributed by atoms with Gasteiger partial charge in [-0.1, -0.05) is 23.7 Å². The average molecular weight is 345 g/mol. The predicted molar refractivity (Wildman–Crippen MR) is 91.1 cm³/mol. The lowest BCUT2D eigenvalue weighted by atomic mass is 10.2. The van der Waals surface area contributed by atoms with Crippen molar-refractivity contribution in [2.24, 2.45) is 0 Å². The first-order chi connectivity index (χ1) is 11.6. The molecule has 2 aromatic carbocycles. The lowest BCUT2D eigenvalue weighted by Crippen LogP contribution is -2.28. The summed E-state index contributed by atoms with van der Waals surface area (Å²) in [5.74, 6) is 0.606. The minimum atomic E-state index is -0.262. The van der Waals surface area contributed by atoms with E-state index < -0.39 is 0 Å². The minimum Gasteiger partial charge on any atom is -0.490 e. The van der Waals surface area contributed by atoms with Crippen molar-refractivity contribution in [2.75, 3.05) is 13.2 Å². The quantitative estimate of drug-likeness (QED) is 0.836. The molecule has 0 spiro atoms. The third-order valence-electron chi connectivity index (χ3n) is 3.11. The van der Waals surface area contributed by atoms with E-state index in [2.05, 4.69) is 5.32 Å². The van der Waals surface area contributed by atoms with Gasteiger partial charge in [-0.05, 0) is 36.8 Å². The fraction of sp³-hybridized carbons (Fsp3) is 0.222. The van der Waals surface area contributed by atoms with Gasteiger partial charge >= 0.3 is 0 Å². The zero-order chi connectivity index (χ0) is 17.4. The summed E-state index contributed by atoms with van der Waals surface area (Å²) in [6, 6.07) is 14.1. The van der Waals surface area contributed by atoms with Crippen LogP contribution in [0.15, 0.2) is 42.5 Å². The summed E-state index contributed by atoms with van der Waals surface area (Å²) in [5.41, 5.74) is 1.38. The van der Waals surface area contributed by atoms with Crippen molar-refractivity contribution in [1.29, 1.82) is 5.26 Å². The van der Waals surface area contributed by atoms with Crippen molar-refractivity contribution in [3.63, 3.8) is 0 Å². The van der Waals surface area contributed by atoms with Crippen molar-refractivity contribution in [3.05, 3.63) is 58.6 Å². The van der Waals surface area contributed by atoms with E-state index in [1.165, 1.54) is 0 Å². The second-order valence-corrected chi connectivity index (χ2v) is 5.34. The Labute approximate surface area is 145 Å². The number of nitrogens with one attached hydrogen (secondary N) is 1. The number of hydrogen-bond acceptors (Lipinski definition) is 4. The third-order valence-corrected chi connectivity index (χ3v) is 3.35. The highest BCUT2D eigenvalue weighted by Gasteiger charge is 2.09. The number of rotatable bonds is 7. The molecule has 0 aliphatic heterocycles. The molecular formula is C18H17ClN2O3. The molecular weight excluding hydrogens is 328 g/mol. The third kappa shape index (κ3) is 5.18. The van der Waals surface area contributed by atoms with E-state index in [0.29, 0.717) is 35.2 Å². The Morgan fingerprint density at radius 1 is 1.21 bits per heavy atom. The second kappa shape index (κ2) is 8.80. The highest BCUT2D eigenvalue weighted by molar-refractivity contribution is 6.30. The Kier molecular flexibility index (Phi) is 6.47. The first-order valence-electron chi connectivity index (χ1n) is 7.43. The molecule has 124 valence electrons. The SMILES string of the molecule is CCOc1cc(C#N)ccc1OCC(=O)NCc1cccc(Cl)c1. The molecule has 24 heavy (non-hydrogen) atoms. The van der Waals surface area contributed by atoms with E-state index in [1.54, 1.807) is 30.3 Å². The van der Waals surface area contributed by atoms with Crippen molar-refractivity contribution in [3.8, 4) is 17.6 Å². The molecule has 0 aliphatic rings. The Hall–Kier alpha value is -2.71. The van der Waals surface area contributed by atoms with E-state index in [-0.39, 0.29) is 12.5 Å². The zero-order valence-electron chi connectivity index (χ0n) is 13.2. The molecule has 5 nitrogen and oxygen atoms in total. The summed E-state index contributed by atoms with van der Waals surface area (Å²) in [4.78, 5) is 11.9. The van der Waals surface area contributed by atoms with Gasteiger partial charge in [0.2, 0.25) is 0 Å². The average Bonchev–Trinajstić information content (AvgIpc) is 2.59. The fourth-order valence-corrected chi connectivity index (χ4v) is 2.22. The number of benzene rings is 2. The number of nitriles is 1. The van der Waals surface area contributed by atoms with Crippen molar-refractivity contribution < 1.29 is 14.3 Å². The maximum absolute atomic E-state index is 11.9. The van der Waals surface area contributed by atoms with Crippen LogP contribution in [0, 0.1) is 11.3 Å². The van der Waals surface area contributed by atoms with Crippen LogP contribution in [0.1, 0.15) is 18.1 Å². The molecule has 0 heterocycles. The molecule has 0 aliphatic carbocycles. The lowest BCUT2D eigenvalue weighted by molar-refractivity contribution is -0.123. The second-order valence-electron chi connectivity index (χ2n) is 4.90. The number of halogens is 1. The minimum absolute atomic E-state index is 0.146. The molecule has 0 atom stereocenters. The van der Waals surface area contributed by atoms with Gasteiger partial charge in [-0.15, -0.1) is 0 Å². The Morgan fingerprint density at radius 2 is 2.04 bits per heavy atom. The van der Waals surface area contributed by atoms with Crippen LogP contribution in [0.2, 0.25) is 5.02 Å². The molecule has 0 saturated carbocycles. The number of carbonyl (C=O) groups excluding carboxylic acids is 1. The smallest absolute Gasteiger partial charge is 0.258 e. The lowest BCUT2D eigenvalue weighted by Gasteiger charge is -2.12. The molecule has 0 saturated heterocycles. The van der Waals surface area contributed by atoms with Gasteiger partial charge in [-0.3, -0.25) is 4.79 Å². The van der Waals surface area contributed by atoms with Crippen LogP contribution in [0.3, 0.4) is 0 Å². The van der Waals surface area contributed by atoms with Gasteiger partial charge < -0.3 is 14.8 Å². The van der Waals surface area contributed by atoms with Gasteiger partial charge in [-0.25, -0.2) is 0 Å². The topological polar surface area (TPSA) is 71.3 Å². The number of carbonyl (C=O) groups is 1. The number of nitrogens with zero attached hydrogens (tertiary/aromatic N) is 1. The molecule has 0 fully saturated rings. The van der Waals surface area contributed by atoms with Crippen LogP contribution in [0.25, 0.3) is 0 Å². The molecule has 1 N–H and O–H groups in total. The molecule has 0 unspecified atom stereocenters. The van der Waals surface area contributed by atoms with Crippen LogP contribution < -0.4 is 14.8 Å². The van der Waals surface area contributed by atoms with Crippen LogP contribution >= 0.6 is 11.6 Å². The van der Waals surface area contributed by atoms with Crippen LogP contribution in [0.5, 0.6) is 11.5 Å². The normalized spacial score (nSPS) is 9.88. The largest absolute Gasteiger partial charge is 0.490 e. The molecule has 0 bridgehead atoms. The van der Waals surface area contributed by atoms with Gasteiger partial charge in [0.05, 0.1) is 18.2 Å². The van der Waals surface area contributed by atoms with Crippen LogP contribution in [-0.4, -0.2) is 19.1 Å². The van der Waals surface area contributed by atoms with Gasteiger partial charge in [0.25, 0.3) is 5.91 Å². The van der Waals surface area contributed by atoms with E-state index in [9.17, 15) is 4.79 Å². The van der Waals surface area contributed by atoms with Crippen LogP contribution in [0.4, 0.5) is 0 Å².